The maximum atomic E-state index is 13.2. The van der Waals surface area contributed by atoms with E-state index in [1.165, 1.54) is 33.6 Å². The zero-order valence-corrected chi connectivity index (χ0v) is 17.7. The first kappa shape index (κ1) is 21.1. The van der Waals surface area contributed by atoms with Crippen LogP contribution in [0.2, 0.25) is 0 Å². The fourth-order valence-corrected chi connectivity index (χ4v) is 3.68. The zero-order chi connectivity index (χ0) is 23.2. The predicted molar refractivity (Wildman–Crippen MR) is 118 cm³/mol. The number of nitro benzene ring substituents is 1. The number of imide groups is 1. The molecule has 0 saturated heterocycles. The molecule has 0 fully saturated rings. The number of nitro groups is 1. The first-order chi connectivity index (χ1) is 15.2. The molecule has 3 aromatic rings. The number of non-ortho nitro benzene ring substituents is 1. The van der Waals surface area contributed by atoms with E-state index in [1.807, 2.05) is 0 Å². The molecule has 0 unspecified atom stereocenters. The first-order valence-electron chi connectivity index (χ1n) is 9.36. The number of halogens is 1. The van der Waals surface area contributed by atoms with Gasteiger partial charge in [-0.05, 0) is 25.1 Å². The number of hydrogen-bond donors (Lipinski definition) is 1. The maximum absolute atomic E-state index is 13.2. The molecule has 1 aliphatic rings. The van der Waals surface area contributed by atoms with E-state index >= 15 is 0 Å². The fraction of sp³-hybridized carbons (Fsp3) is 0.0952. The van der Waals surface area contributed by atoms with Crippen LogP contribution in [0.3, 0.4) is 0 Å². The third-order valence-corrected chi connectivity index (χ3v) is 5.45. The molecule has 4 rings (SSSR count). The Balaban J connectivity index is 1.75. The molecule has 162 valence electrons. The molecule has 2 amide bonds. The lowest BCUT2D eigenvalue weighted by Gasteiger charge is -2.13. The normalized spacial score (nSPS) is 13.8. The van der Waals surface area contributed by atoms with Gasteiger partial charge in [-0.15, -0.1) is 0 Å². The molecule has 1 aromatic heterocycles. The number of carbonyl (C=O) groups is 2. The van der Waals surface area contributed by atoms with E-state index in [0.29, 0.717) is 11.4 Å². The van der Waals surface area contributed by atoms with E-state index in [4.69, 9.17) is 11.6 Å². The van der Waals surface area contributed by atoms with Crippen molar-refractivity contribution in [3.05, 3.63) is 91.5 Å². The summed E-state index contributed by atoms with van der Waals surface area (Å²) < 4.78 is 2.87. The van der Waals surface area contributed by atoms with Crippen LogP contribution in [0.4, 0.5) is 17.1 Å². The zero-order valence-electron chi connectivity index (χ0n) is 16.9. The lowest BCUT2D eigenvalue weighted by atomic mass is 10.2. The average Bonchev–Trinajstić information content (AvgIpc) is 3.12. The molecule has 11 heteroatoms. The maximum Gasteiger partial charge on any atom is 0.296 e. The largest absolute Gasteiger partial charge is 0.349 e. The van der Waals surface area contributed by atoms with Gasteiger partial charge in [-0.25, -0.2) is 9.58 Å². The molecule has 0 bridgehead atoms. The molecule has 0 aliphatic carbocycles. The van der Waals surface area contributed by atoms with Crippen molar-refractivity contribution in [2.24, 2.45) is 7.05 Å². The second-order valence-electron chi connectivity index (χ2n) is 6.98. The van der Waals surface area contributed by atoms with Crippen LogP contribution in [-0.4, -0.2) is 26.1 Å². The Hall–Kier alpha value is -4.18. The van der Waals surface area contributed by atoms with Crippen molar-refractivity contribution >= 4 is 40.5 Å². The van der Waals surface area contributed by atoms with Crippen LogP contribution < -0.4 is 15.8 Å². The highest BCUT2D eigenvalue weighted by molar-refractivity contribution is 6.53. The summed E-state index contributed by atoms with van der Waals surface area (Å²) in [6, 6.07) is 14.2. The highest BCUT2D eigenvalue weighted by Gasteiger charge is 2.42. The van der Waals surface area contributed by atoms with Crippen LogP contribution >= 0.6 is 11.6 Å². The van der Waals surface area contributed by atoms with Gasteiger partial charge in [0.2, 0.25) is 0 Å². The highest BCUT2D eigenvalue weighted by atomic mass is 35.5. The summed E-state index contributed by atoms with van der Waals surface area (Å²) in [6.45, 7) is 1.61. The van der Waals surface area contributed by atoms with Crippen LogP contribution in [0.5, 0.6) is 0 Å². The number of hydrogen-bond acceptors (Lipinski definition) is 6. The van der Waals surface area contributed by atoms with Gasteiger partial charge in [0.25, 0.3) is 23.1 Å². The van der Waals surface area contributed by atoms with Crippen molar-refractivity contribution in [2.45, 2.75) is 6.92 Å². The van der Waals surface area contributed by atoms with Gasteiger partial charge in [0.15, 0.2) is 0 Å². The lowest BCUT2D eigenvalue weighted by Crippen LogP contribution is -2.36. The van der Waals surface area contributed by atoms with Gasteiger partial charge in [0, 0.05) is 24.9 Å². The molecule has 10 nitrogen and oxygen atoms in total. The molecule has 1 N–H and O–H groups in total. The number of rotatable bonds is 5. The fourth-order valence-electron chi connectivity index (χ4n) is 3.47. The Kier molecular flexibility index (Phi) is 5.15. The SMILES string of the molecule is Cc1c(N2C(=O)C(Cl)=C(Nc3cccc([N+](=O)[O-])c3)C2=O)c(=O)n(-c2ccccc2)n1C. The van der Waals surface area contributed by atoms with Crippen molar-refractivity contribution in [2.75, 3.05) is 10.2 Å². The number of benzene rings is 2. The Morgan fingerprint density at radius 2 is 1.69 bits per heavy atom. The molecular weight excluding hydrogens is 438 g/mol. The monoisotopic (exact) mass is 453 g/mol. The van der Waals surface area contributed by atoms with Gasteiger partial charge in [-0.1, -0.05) is 35.9 Å². The van der Waals surface area contributed by atoms with E-state index in [-0.39, 0.29) is 22.8 Å². The highest BCUT2D eigenvalue weighted by Crippen LogP contribution is 2.31. The average molecular weight is 454 g/mol. The minimum atomic E-state index is -0.865. The summed E-state index contributed by atoms with van der Waals surface area (Å²) in [4.78, 5) is 50.3. The van der Waals surface area contributed by atoms with Crippen LogP contribution in [0, 0.1) is 17.0 Å². The van der Waals surface area contributed by atoms with Crippen molar-refractivity contribution in [3.8, 4) is 5.69 Å². The Bertz CT molecular complexity index is 1370. The molecule has 1 aliphatic heterocycles. The number of nitrogens with one attached hydrogen (secondary N) is 1. The van der Waals surface area contributed by atoms with Gasteiger partial charge in [-0.2, -0.15) is 0 Å². The molecular formula is C21H16ClN5O5. The van der Waals surface area contributed by atoms with E-state index < -0.39 is 27.3 Å². The molecule has 0 radical (unpaired) electrons. The van der Waals surface area contributed by atoms with Crippen molar-refractivity contribution in [3.63, 3.8) is 0 Å². The van der Waals surface area contributed by atoms with Gasteiger partial charge >= 0.3 is 0 Å². The summed E-state index contributed by atoms with van der Waals surface area (Å²) in [6.07, 6.45) is 0. The van der Waals surface area contributed by atoms with Crippen molar-refractivity contribution < 1.29 is 14.5 Å². The van der Waals surface area contributed by atoms with Crippen LogP contribution in [0.25, 0.3) is 5.69 Å². The topological polar surface area (TPSA) is 119 Å². The van der Waals surface area contributed by atoms with E-state index in [1.54, 1.807) is 44.3 Å². The number of carbonyl (C=O) groups excluding carboxylic acids is 2. The Labute approximate surface area is 186 Å². The summed E-state index contributed by atoms with van der Waals surface area (Å²) in [5.41, 5.74) is -0.0405. The Morgan fingerprint density at radius 1 is 1.00 bits per heavy atom. The Morgan fingerprint density at radius 3 is 2.34 bits per heavy atom. The predicted octanol–water partition coefficient (Wildman–Crippen LogP) is 2.83. The van der Waals surface area contributed by atoms with E-state index in [9.17, 15) is 24.5 Å². The minimum Gasteiger partial charge on any atom is -0.349 e. The summed E-state index contributed by atoms with van der Waals surface area (Å²) >= 11 is 6.14. The molecule has 0 spiro atoms. The van der Waals surface area contributed by atoms with Crippen LogP contribution in [0.1, 0.15) is 5.69 Å². The lowest BCUT2D eigenvalue weighted by molar-refractivity contribution is -0.384. The quantitative estimate of drug-likeness (QED) is 0.360. The number of aromatic nitrogens is 2. The number of amides is 2. The summed E-state index contributed by atoms with van der Waals surface area (Å²) in [7, 11) is 1.63. The van der Waals surface area contributed by atoms with E-state index in [2.05, 4.69) is 5.32 Å². The molecule has 0 atom stereocenters. The molecule has 2 aromatic carbocycles. The molecule has 0 saturated carbocycles. The third kappa shape index (κ3) is 3.26. The van der Waals surface area contributed by atoms with Crippen LogP contribution in [-0.2, 0) is 16.6 Å². The van der Waals surface area contributed by atoms with Crippen molar-refractivity contribution in [1.29, 1.82) is 0 Å². The van der Waals surface area contributed by atoms with Crippen LogP contribution in [0.15, 0.2) is 70.1 Å². The second kappa shape index (κ2) is 7.82. The number of para-hydroxylation sites is 1. The first-order valence-corrected chi connectivity index (χ1v) is 9.74. The standard InChI is InChI=1S/C21H16ClN5O5/c1-12-18(21(30)26(24(12)2)14-8-4-3-5-9-14)25-19(28)16(22)17(20(25)29)23-13-7-6-10-15(11-13)27(31)32/h3-11,23H,1-2H3. The van der Waals surface area contributed by atoms with Gasteiger partial charge in [0.05, 0.1) is 16.3 Å². The van der Waals surface area contributed by atoms with Gasteiger partial charge < -0.3 is 5.32 Å². The molecule has 2 heterocycles. The van der Waals surface area contributed by atoms with Gasteiger partial charge in [-0.3, -0.25) is 29.2 Å². The molecule has 32 heavy (non-hydrogen) atoms. The second-order valence-corrected chi connectivity index (χ2v) is 7.36. The summed E-state index contributed by atoms with van der Waals surface area (Å²) in [5, 5.41) is 13.3. The summed E-state index contributed by atoms with van der Waals surface area (Å²) in [5.74, 6) is -1.70. The minimum absolute atomic E-state index is 0.125. The number of anilines is 2. The third-order valence-electron chi connectivity index (χ3n) is 5.10. The smallest absolute Gasteiger partial charge is 0.296 e. The number of nitrogens with zero attached hydrogens (tertiary/aromatic N) is 4. The van der Waals surface area contributed by atoms with E-state index in [0.717, 1.165) is 4.90 Å². The van der Waals surface area contributed by atoms with Crippen molar-refractivity contribution in [1.82, 2.24) is 9.36 Å². The van der Waals surface area contributed by atoms with Gasteiger partial charge in [0.1, 0.15) is 16.4 Å².